The lowest BCUT2D eigenvalue weighted by molar-refractivity contribution is -0.188. The lowest BCUT2D eigenvalue weighted by atomic mass is 10.1. The number of hydrogen-bond donors (Lipinski definition) is 1. The molecule has 2 aliphatic rings. The molecule has 0 saturated carbocycles. The summed E-state index contributed by atoms with van der Waals surface area (Å²) in [6, 6.07) is 2.18. The molecule has 3 aromatic heterocycles. The van der Waals surface area contributed by atoms with Crippen LogP contribution >= 0.6 is 0 Å². The van der Waals surface area contributed by atoms with Crippen LogP contribution in [0.5, 0.6) is 0 Å². The van der Waals surface area contributed by atoms with Crippen molar-refractivity contribution in [2.24, 2.45) is 0 Å². The number of rotatable bonds is 9. The van der Waals surface area contributed by atoms with Gasteiger partial charge in [0.1, 0.15) is 35.3 Å². The predicted octanol–water partition coefficient (Wildman–Crippen LogP) is 4.96. The van der Waals surface area contributed by atoms with Crippen LogP contribution in [0.4, 0.5) is 30.8 Å². The Bertz CT molecular complexity index is 1260. The SMILES string of the molecule is COC1CCN(c2nccc(Nc3cc4c(cn3)nc(C(C)OC3CCCCO3)n4C(C)C(F)F)n2)CC1F. The van der Waals surface area contributed by atoms with Crippen LogP contribution in [0.1, 0.15) is 57.5 Å². The molecule has 2 aliphatic heterocycles. The van der Waals surface area contributed by atoms with Crippen molar-refractivity contribution >= 4 is 28.6 Å². The Morgan fingerprint density at radius 1 is 1.13 bits per heavy atom. The van der Waals surface area contributed by atoms with Crippen LogP contribution in [0.15, 0.2) is 24.5 Å². The van der Waals surface area contributed by atoms with Gasteiger partial charge in [0.25, 0.3) is 6.43 Å². The fraction of sp³-hybridized carbons (Fsp3) is 0.615. The second-order valence-electron chi connectivity index (χ2n) is 9.94. The molecule has 3 aromatic rings. The standard InChI is InChI=1S/C26H34F3N7O3/c1-15(24(28)29)36-19-12-22(31-13-18(19)32-25(36)16(2)39-23-6-4-5-11-38-23)33-21-7-9-30-26(34-21)35-10-8-20(37-3)17(27)14-35/h7,9,12-13,15-17,20,23-24H,4-6,8,10-11,14H2,1-3H3,(H,30,31,33,34). The first-order valence-electron chi connectivity index (χ1n) is 13.3. The summed E-state index contributed by atoms with van der Waals surface area (Å²) in [6.45, 7) is 4.55. The highest BCUT2D eigenvalue weighted by Gasteiger charge is 2.31. The molecule has 2 saturated heterocycles. The topological polar surface area (TPSA) is 99.5 Å². The van der Waals surface area contributed by atoms with Crippen LogP contribution in [0.2, 0.25) is 0 Å². The lowest BCUT2D eigenvalue weighted by Crippen LogP contribution is -2.46. The quantitative estimate of drug-likeness (QED) is 0.397. The third kappa shape index (κ3) is 6.10. The summed E-state index contributed by atoms with van der Waals surface area (Å²) in [5.74, 6) is 1.60. The van der Waals surface area contributed by atoms with Gasteiger partial charge in [0.2, 0.25) is 5.95 Å². The average Bonchev–Trinajstić information content (AvgIpc) is 3.32. The van der Waals surface area contributed by atoms with Gasteiger partial charge < -0.3 is 29.0 Å². The number of aromatic nitrogens is 5. The molecular weight excluding hydrogens is 515 g/mol. The number of alkyl halides is 3. The molecule has 0 aromatic carbocycles. The number of ether oxygens (including phenoxy) is 3. The molecule has 0 radical (unpaired) electrons. The van der Waals surface area contributed by atoms with Gasteiger partial charge >= 0.3 is 0 Å². The molecule has 5 heterocycles. The first kappa shape index (κ1) is 27.5. The molecule has 5 atom stereocenters. The highest BCUT2D eigenvalue weighted by Crippen LogP contribution is 2.32. The van der Waals surface area contributed by atoms with Crippen LogP contribution in [0, 0.1) is 0 Å². The van der Waals surface area contributed by atoms with E-state index in [-0.39, 0.29) is 12.8 Å². The van der Waals surface area contributed by atoms with Crippen LogP contribution < -0.4 is 10.2 Å². The van der Waals surface area contributed by atoms with Crippen LogP contribution in [0.3, 0.4) is 0 Å². The molecule has 5 rings (SSSR count). The molecule has 1 N–H and O–H groups in total. The Balaban J connectivity index is 1.39. The molecule has 212 valence electrons. The third-order valence-corrected chi connectivity index (χ3v) is 7.20. The summed E-state index contributed by atoms with van der Waals surface area (Å²) in [5, 5.41) is 3.12. The number of pyridine rings is 1. The van der Waals surface area contributed by atoms with E-state index in [4.69, 9.17) is 14.2 Å². The number of methoxy groups -OCH3 is 1. The van der Waals surface area contributed by atoms with E-state index >= 15 is 0 Å². The van der Waals surface area contributed by atoms with Crippen molar-refractivity contribution in [1.82, 2.24) is 24.5 Å². The fourth-order valence-corrected chi connectivity index (χ4v) is 5.05. The molecule has 39 heavy (non-hydrogen) atoms. The van der Waals surface area contributed by atoms with Crippen LogP contribution in [0.25, 0.3) is 11.0 Å². The van der Waals surface area contributed by atoms with E-state index in [1.54, 1.807) is 30.2 Å². The Kier molecular flexibility index (Phi) is 8.48. The Morgan fingerprint density at radius 3 is 2.69 bits per heavy atom. The number of fused-ring (bicyclic) bond motifs is 1. The van der Waals surface area contributed by atoms with Crippen LogP contribution in [-0.2, 0) is 14.2 Å². The molecule has 0 amide bonds. The highest BCUT2D eigenvalue weighted by atomic mass is 19.3. The molecule has 0 aliphatic carbocycles. The number of imidazole rings is 1. The number of nitrogens with one attached hydrogen (secondary N) is 1. The minimum atomic E-state index is -2.62. The maximum absolute atomic E-state index is 14.4. The van der Waals surface area contributed by atoms with Gasteiger partial charge in [-0.15, -0.1) is 0 Å². The van der Waals surface area contributed by atoms with Crippen molar-refractivity contribution in [3.63, 3.8) is 0 Å². The Morgan fingerprint density at radius 2 is 1.97 bits per heavy atom. The smallest absolute Gasteiger partial charge is 0.258 e. The molecule has 0 bridgehead atoms. The monoisotopic (exact) mass is 549 g/mol. The fourth-order valence-electron chi connectivity index (χ4n) is 5.05. The predicted molar refractivity (Wildman–Crippen MR) is 139 cm³/mol. The molecule has 5 unspecified atom stereocenters. The van der Waals surface area contributed by atoms with Crippen molar-refractivity contribution < 1.29 is 27.4 Å². The second-order valence-corrected chi connectivity index (χ2v) is 9.94. The molecule has 13 heteroatoms. The number of anilines is 3. The molecule has 0 spiro atoms. The summed E-state index contributed by atoms with van der Waals surface area (Å²) in [4.78, 5) is 19.6. The van der Waals surface area contributed by atoms with E-state index < -0.39 is 30.8 Å². The first-order chi connectivity index (χ1) is 18.8. The van der Waals surface area contributed by atoms with Gasteiger partial charge in [0, 0.05) is 32.5 Å². The minimum absolute atomic E-state index is 0.131. The maximum Gasteiger partial charge on any atom is 0.258 e. The van der Waals surface area contributed by atoms with E-state index in [1.807, 2.05) is 0 Å². The van der Waals surface area contributed by atoms with E-state index in [0.717, 1.165) is 19.3 Å². The zero-order valence-corrected chi connectivity index (χ0v) is 22.3. The van der Waals surface area contributed by atoms with Gasteiger partial charge in [-0.25, -0.2) is 28.1 Å². The third-order valence-electron chi connectivity index (χ3n) is 7.20. The van der Waals surface area contributed by atoms with Crippen molar-refractivity contribution in [3.05, 3.63) is 30.4 Å². The largest absolute Gasteiger partial charge is 0.378 e. The summed E-state index contributed by atoms with van der Waals surface area (Å²) in [7, 11) is 1.51. The summed E-state index contributed by atoms with van der Waals surface area (Å²) in [6.07, 6.45) is 1.21. The Labute approximate surface area is 224 Å². The van der Waals surface area contributed by atoms with Crippen molar-refractivity contribution in [1.29, 1.82) is 0 Å². The molecular formula is C26H34F3N7O3. The molecule has 10 nitrogen and oxygen atoms in total. The van der Waals surface area contributed by atoms with Gasteiger partial charge in [-0.2, -0.15) is 4.98 Å². The summed E-state index contributed by atoms with van der Waals surface area (Å²) >= 11 is 0. The highest BCUT2D eigenvalue weighted by molar-refractivity contribution is 5.79. The number of halogens is 3. The van der Waals surface area contributed by atoms with Gasteiger partial charge in [-0.1, -0.05) is 0 Å². The van der Waals surface area contributed by atoms with E-state index in [0.29, 0.717) is 54.0 Å². The zero-order chi connectivity index (χ0) is 27.5. The van der Waals surface area contributed by atoms with Gasteiger partial charge in [0.15, 0.2) is 6.29 Å². The van der Waals surface area contributed by atoms with E-state index in [9.17, 15) is 13.2 Å². The van der Waals surface area contributed by atoms with E-state index in [2.05, 4.69) is 25.3 Å². The van der Waals surface area contributed by atoms with Crippen molar-refractivity contribution in [2.45, 2.75) is 76.7 Å². The summed E-state index contributed by atoms with van der Waals surface area (Å²) < 4.78 is 60.8. The van der Waals surface area contributed by atoms with E-state index in [1.165, 1.54) is 24.8 Å². The van der Waals surface area contributed by atoms with Gasteiger partial charge in [0.05, 0.1) is 30.4 Å². The summed E-state index contributed by atoms with van der Waals surface area (Å²) in [5.41, 5.74) is 0.966. The van der Waals surface area contributed by atoms with Gasteiger partial charge in [-0.05, 0) is 45.6 Å². The van der Waals surface area contributed by atoms with Crippen molar-refractivity contribution in [3.8, 4) is 0 Å². The Hall–Kier alpha value is -3.03. The number of piperidine rings is 1. The van der Waals surface area contributed by atoms with Gasteiger partial charge in [-0.3, -0.25) is 0 Å². The first-order valence-corrected chi connectivity index (χ1v) is 13.3. The normalized spacial score (nSPS) is 23.8. The van der Waals surface area contributed by atoms with Crippen LogP contribution in [-0.4, -0.2) is 76.3 Å². The number of nitrogens with zero attached hydrogens (tertiary/aromatic N) is 6. The zero-order valence-electron chi connectivity index (χ0n) is 22.3. The number of hydrogen-bond acceptors (Lipinski definition) is 9. The second kappa shape index (κ2) is 12.0. The molecule has 2 fully saturated rings. The average molecular weight is 550 g/mol. The maximum atomic E-state index is 14.4. The lowest BCUT2D eigenvalue weighted by Gasteiger charge is -2.33. The minimum Gasteiger partial charge on any atom is -0.378 e. The van der Waals surface area contributed by atoms with Crippen molar-refractivity contribution in [2.75, 3.05) is 37.0 Å².